The molecule has 0 N–H and O–H groups in total. The molecule has 0 atom stereocenters. The van der Waals surface area contributed by atoms with E-state index >= 15 is 0 Å². The van der Waals surface area contributed by atoms with Crippen LogP contribution in [0.4, 0.5) is 5.69 Å². The Morgan fingerprint density at radius 2 is 1.86 bits per heavy atom. The summed E-state index contributed by atoms with van der Waals surface area (Å²) in [5.41, 5.74) is 1.08. The number of fused-ring (bicyclic) bond motifs is 1. The molecule has 2 rings (SSSR count). The fourth-order valence-corrected chi connectivity index (χ4v) is 1.42. The summed E-state index contributed by atoms with van der Waals surface area (Å²) in [4.78, 5) is 27.2. The fraction of sp³-hybridized carbons (Fsp3) is 0.100. The number of hydrogen-bond donors (Lipinski definition) is 0. The smallest absolute Gasteiger partial charge is 0.261 e. The molecule has 0 saturated carbocycles. The van der Waals surface area contributed by atoms with Crippen LogP contribution in [-0.4, -0.2) is 23.8 Å². The molecule has 0 saturated heterocycles. The molecule has 1 aliphatic heterocycles. The highest BCUT2D eigenvalue weighted by Crippen LogP contribution is 2.25. The van der Waals surface area contributed by atoms with E-state index in [0.717, 1.165) is 4.90 Å². The van der Waals surface area contributed by atoms with E-state index in [2.05, 4.69) is 4.85 Å². The maximum Gasteiger partial charge on any atom is 0.261 e. The third-order valence-corrected chi connectivity index (χ3v) is 2.20. The van der Waals surface area contributed by atoms with E-state index in [-0.39, 0.29) is 11.8 Å². The van der Waals surface area contributed by atoms with Gasteiger partial charge in [-0.05, 0) is 6.07 Å². The largest absolute Gasteiger partial charge is 0.278 e. The minimum absolute atomic E-state index is 0.304. The molecule has 14 heavy (non-hydrogen) atoms. The maximum atomic E-state index is 11.5. The molecule has 1 aromatic rings. The number of amides is 2. The van der Waals surface area contributed by atoms with Gasteiger partial charge in [-0.2, -0.15) is 0 Å². The molecule has 1 heterocycles. The summed E-state index contributed by atoms with van der Waals surface area (Å²) in [6, 6.07) is 4.51. The van der Waals surface area contributed by atoms with Gasteiger partial charge in [0.15, 0.2) is 5.69 Å². The van der Waals surface area contributed by atoms with Gasteiger partial charge in [-0.3, -0.25) is 14.5 Å². The molecule has 0 radical (unpaired) electrons. The highest BCUT2D eigenvalue weighted by molar-refractivity contribution is 6.21. The minimum atomic E-state index is -0.337. The third kappa shape index (κ3) is 0.927. The average Bonchev–Trinajstić information content (AvgIpc) is 2.44. The number of imide groups is 1. The summed E-state index contributed by atoms with van der Waals surface area (Å²) in [5, 5.41) is 0. The SMILES string of the molecule is [C-]#[N+]c1ccc2c(c1)C(=O)N(C)C2=O. The van der Waals surface area contributed by atoms with Gasteiger partial charge in [0.05, 0.1) is 12.1 Å². The lowest BCUT2D eigenvalue weighted by Crippen LogP contribution is -2.24. The lowest BCUT2D eigenvalue weighted by atomic mass is 10.1. The van der Waals surface area contributed by atoms with E-state index in [0.29, 0.717) is 16.8 Å². The summed E-state index contributed by atoms with van der Waals surface area (Å²) in [5.74, 6) is -0.642. The first kappa shape index (κ1) is 8.45. The molecular weight excluding hydrogens is 180 g/mol. The van der Waals surface area contributed by atoms with E-state index in [1.165, 1.54) is 25.2 Å². The molecule has 4 nitrogen and oxygen atoms in total. The van der Waals surface area contributed by atoms with Gasteiger partial charge in [-0.15, -0.1) is 0 Å². The Morgan fingerprint density at radius 3 is 2.50 bits per heavy atom. The standard InChI is InChI=1S/C10H6N2O2/c1-11-6-3-4-7-8(5-6)10(14)12(2)9(7)13/h3-5H,2H3. The van der Waals surface area contributed by atoms with Gasteiger partial charge >= 0.3 is 0 Å². The molecule has 0 aromatic heterocycles. The third-order valence-electron chi connectivity index (χ3n) is 2.20. The summed E-state index contributed by atoms with van der Waals surface area (Å²) in [6.07, 6.45) is 0. The molecule has 0 bridgehead atoms. The van der Waals surface area contributed by atoms with E-state index in [4.69, 9.17) is 6.57 Å². The molecule has 1 aliphatic rings. The number of rotatable bonds is 0. The van der Waals surface area contributed by atoms with Crippen molar-refractivity contribution >= 4 is 17.5 Å². The molecule has 0 unspecified atom stereocenters. The molecule has 1 aromatic carbocycles. The first-order valence-electron chi connectivity index (χ1n) is 3.99. The van der Waals surface area contributed by atoms with Crippen LogP contribution in [0.25, 0.3) is 4.85 Å². The van der Waals surface area contributed by atoms with Gasteiger partial charge in [-0.25, -0.2) is 4.85 Å². The van der Waals surface area contributed by atoms with E-state index in [1.807, 2.05) is 0 Å². The van der Waals surface area contributed by atoms with Crippen LogP contribution < -0.4 is 0 Å². The number of benzene rings is 1. The van der Waals surface area contributed by atoms with Gasteiger partial charge in [0.2, 0.25) is 0 Å². The summed E-state index contributed by atoms with van der Waals surface area (Å²) in [7, 11) is 1.43. The van der Waals surface area contributed by atoms with Crippen molar-refractivity contribution in [1.82, 2.24) is 4.90 Å². The number of carbonyl (C=O) groups is 2. The summed E-state index contributed by atoms with van der Waals surface area (Å²) >= 11 is 0. The Bertz CT molecular complexity index is 485. The van der Waals surface area contributed by atoms with Crippen molar-refractivity contribution in [3.8, 4) is 0 Å². The Hall–Kier alpha value is -2.15. The second-order valence-electron chi connectivity index (χ2n) is 3.01. The van der Waals surface area contributed by atoms with Crippen molar-refractivity contribution in [2.24, 2.45) is 0 Å². The second-order valence-corrected chi connectivity index (χ2v) is 3.01. The lowest BCUT2D eigenvalue weighted by molar-refractivity contribution is 0.0693. The van der Waals surface area contributed by atoms with Gasteiger partial charge < -0.3 is 0 Å². The molecular formula is C10H6N2O2. The first-order valence-corrected chi connectivity index (χ1v) is 3.99. The first-order chi connectivity index (χ1) is 6.65. The number of hydrogen-bond acceptors (Lipinski definition) is 2. The highest BCUT2D eigenvalue weighted by atomic mass is 16.2. The van der Waals surface area contributed by atoms with Crippen LogP contribution in [0.1, 0.15) is 20.7 Å². The zero-order chi connectivity index (χ0) is 10.3. The summed E-state index contributed by atoms with van der Waals surface area (Å²) in [6.45, 7) is 6.79. The van der Waals surface area contributed by atoms with Gasteiger partial charge in [0.1, 0.15) is 0 Å². The van der Waals surface area contributed by atoms with Crippen LogP contribution in [0, 0.1) is 6.57 Å². The number of carbonyl (C=O) groups excluding carboxylic acids is 2. The van der Waals surface area contributed by atoms with Crippen molar-refractivity contribution < 1.29 is 9.59 Å². The zero-order valence-corrected chi connectivity index (χ0v) is 7.44. The van der Waals surface area contributed by atoms with Gasteiger partial charge in [0.25, 0.3) is 11.8 Å². The molecule has 0 spiro atoms. The molecule has 0 fully saturated rings. The highest BCUT2D eigenvalue weighted by Gasteiger charge is 2.32. The van der Waals surface area contributed by atoms with Crippen molar-refractivity contribution in [2.75, 3.05) is 7.05 Å². The average molecular weight is 186 g/mol. The van der Waals surface area contributed by atoms with E-state index in [1.54, 1.807) is 0 Å². The van der Waals surface area contributed by atoms with Crippen molar-refractivity contribution in [2.45, 2.75) is 0 Å². The van der Waals surface area contributed by atoms with Crippen molar-refractivity contribution in [1.29, 1.82) is 0 Å². The zero-order valence-electron chi connectivity index (χ0n) is 7.44. The van der Waals surface area contributed by atoms with Crippen molar-refractivity contribution in [3.05, 3.63) is 40.7 Å². The van der Waals surface area contributed by atoms with Crippen LogP contribution in [0.5, 0.6) is 0 Å². The minimum Gasteiger partial charge on any atom is -0.278 e. The second kappa shape index (κ2) is 2.67. The molecule has 2 amide bonds. The van der Waals surface area contributed by atoms with Crippen LogP contribution in [0.3, 0.4) is 0 Å². The van der Waals surface area contributed by atoms with Crippen LogP contribution in [0.2, 0.25) is 0 Å². The van der Waals surface area contributed by atoms with Crippen LogP contribution in [0.15, 0.2) is 18.2 Å². The van der Waals surface area contributed by atoms with Gasteiger partial charge in [-0.1, -0.05) is 12.1 Å². The van der Waals surface area contributed by atoms with E-state index < -0.39 is 0 Å². The quantitative estimate of drug-likeness (QED) is 0.454. The van der Waals surface area contributed by atoms with Crippen molar-refractivity contribution in [3.63, 3.8) is 0 Å². The normalized spacial score (nSPS) is 14.1. The molecule has 4 heteroatoms. The van der Waals surface area contributed by atoms with E-state index in [9.17, 15) is 9.59 Å². The summed E-state index contributed by atoms with van der Waals surface area (Å²) < 4.78 is 0. The van der Waals surface area contributed by atoms with Gasteiger partial charge in [0, 0.05) is 12.6 Å². The Balaban J connectivity index is 2.66. The number of nitrogens with zero attached hydrogens (tertiary/aromatic N) is 2. The van der Waals surface area contributed by atoms with Crippen LogP contribution >= 0.6 is 0 Å². The predicted molar refractivity (Wildman–Crippen MR) is 49.1 cm³/mol. The lowest BCUT2D eigenvalue weighted by Gasteiger charge is -2.02. The maximum absolute atomic E-state index is 11.5. The Labute approximate surface area is 80.6 Å². The monoisotopic (exact) mass is 186 g/mol. The predicted octanol–water partition coefficient (Wildman–Crippen LogP) is 1.46. The molecule has 68 valence electrons. The Kier molecular flexibility index (Phi) is 1.61. The van der Waals surface area contributed by atoms with Crippen LogP contribution in [-0.2, 0) is 0 Å². The molecule has 0 aliphatic carbocycles. The Morgan fingerprint density at radius 1 is 1.21 bits per heavy atom. The fourth-order valence-electron chi connectivity index (χ4n) is 1.42. The topological polar surface area (TPSA) is 41.7 Å².